The summed E-state index contributed by atoms with van der Waals surface area (Å²) in [6, 6.07) is 7.38. The Bertz CT molecular complexity index is 903. The van der Waals surface area contributed by atoms with E-state index >= 15 is 0 Å². The Morgan fingerprint density at radius 1 is 1.23 bits per heavy atom. The maximum Gasteiger partial charge on any atom is 0.251 e. The molecule has 2 N–H and O–H groups in total. The van der Waals surface area contributed by atoms with E-state index in [9.17, 15) is 9.59 Å². The second-order valence-electron chi connectivity index (χ2n) is 7.99. The number of aryl methyl sites for hydroxylation is 1. The molecule has 2 amide bonds. The van der Waals surface area contributed by atoms with Crippen LogP contribution in [0.2, 0.25) is 0 Å². The highest BCUT2D eigenvalue weighted by Gasteiger charge is 2.21. The van der Waals surface area contributed by atoms with Gasteiger partial charge in [0.25, 0.3) is 5.91 Å². The van der Waals surface area contributed by atoms with Gasteiger partial charge in [-0.15, -0.1) is 16.8 Å². The molecule has 1 aliphatic carbocycles. The van der Waals surface area contributed by atoms with E-state index in [4.69, 9.17) is 0 Å². The molecule has 0 unspecified atom stereocenters. The normalized spacial score (nSPS) is 15.3. The Morgan fingerprint density at radius 2 is 1.94 bits per heavy atom. The number of nitrogens with zero attached hydrogens (tertiary/aromatic N) is 3. The van der Waals surface area contributed by atoms with Gasteiger partial charge in [0.05, 0.1) is 11.8 Å². The average Bonchev–Trinajstić information content (AvgIpc) is 3.16. The number of amides is 2. The van der Waals surface area contributed by atoms with E-state index in [1.807, 2.05) is 30.5 Å². The molecule has 0 radical (unpaired) electrons. The molecule has 166 valence electrons. The minimum absolute atomic E-state index is 0.0207. The third-order valence-electron chi connectivity index (χ3n) is 5.41. The number of aromatic nitrogens is 3. The van der Waals surface area contributed by atoms with Gasteiger partial charge in [-0.25, -0.2) is 0 Å². The van der Waals surface area contributed by atoms with Gasteiger partial charge in [0.1, 0.15) is 0 Å². The molecule has 0 bridgehead atoms. The van der Waals surface area contributed by atoms with Crippen molar-refractivity contribution in [2.24, 2.45) is 0 Å². The van der Waals surface area contributed by atoms with Crippen molar-refractivity contribution in [1.29, 1.82) is 0 Å². The summed E-state index contributed by atoms with van der Waals surface area (Å²) in [6.07, 6.45) is 7.50. The van der Waals surface area contributed by atoms with Gasteiger partial charge in [-0.3, -0.25) is 9.59 Å². The molecule has 0 spiro atoms. The maximum atomic E-state index is 12.6. The van der Waals surface area contributed by atoms with E-state index in [-0.39, 0.29) is 23.6 Å². The lowest BCUT2D eigenvalue weighted by Gasteiger charge is -2.22. The first-order valence-corrected chi connectivity index (χ1v) is 11.8. The summed E-state index contributed by atoms with van der Waals surface area (Å²) in [5, 5.41) is 15.3. The van der Waals surface area contributed by atoms with Crippen LogP contribution in [0.5, 0.6) is 0 Å². The lowest BCUT2D eigenvalue weighted by Crippen LogP contribution is -2.37. The molecule has 0 saturated heterocycles. The summed E-state index contributed by atoms with van der Waals surface area (Å²) in [7, 11) is 0. The zero-order chi connectivity index (χ0) is 22.2. The number of thioether (sulfide) groups is 1. The summed E-state index contributed by atoms with van der Waals surface area (Å²) in [6.45, 7) is 8.17. The first kappa shape index (κ1) is 23.1. The number of nitrogens with one attached hydrogen (secondary N) is 2. The Balaban J connectivity index is 1.61. The zero-order valence-corrected chi connectivity index (χ0v) is 19.1. The average molecular weight is 442 g/mol. The molecule has 1 saturated carbocycles. The molecule has 1 heterocycles. The molecule has 1 aromatic carbocycles. The second kappa shape index (κ2) is 11.1. The number of carbonyl (C=O) groups excluding carboxylic acids is 2. The van der Waals surface area contributed by atoms with Crippen molar-refractivity contribution in [3.05, 3.63) is 53.9 Å². The third-order valence-corrected chi connectivity index (χ3v) is 6.38. The van der Waals surface area contributed by atoms with E-state index in [0.29, 0.717) is 29.1 Å². The summed E-state index contributed by atoms with van der Waals surface area (Å²) in [5.41, 5.74) is 1.70. The van der Waals surface area contributed by atoms with Gasteiger partial charge in [0.2, 0.25) is 5.91 Å². The van der Waals surface area contributed by atoms with Crippen molar-refractivity contribution >= 4 is 23.6 Å². The highest BCUT2D eigenvalue weighted by Crippen LogP contribution is 2.22. The first-order chi connectivity index (χ1) is 15.0. The van der Waals surface area contributed by atoms with E-state index in [1.54, 1.807) is 18.2 Å². The van der Waals surface area contributed by atoms with E-state index in [1.165, 1.54) is 31.0 Å². The molecule has 7 nitrogen and oxygen atoms in total. The third kappa shape index (κ3) is 6.43. The molecule has 1 aliphatic rings. The fourth-order valence-corrected chi connectivity index (χ4v) is 4.49. The van der Waals surface area contributed by atoms with Crippen LogP contribution in [-0.4, -0.2) is 38.4 Å². The van der Waals surface area contributed by atoms with Gasteiger partial charge in [-0.1, -0.05) is 54.8 Å². The van der Waals surface area contributed by atoms with Crippen molar-refractivity contribution in [3.63, 3.8) is 0 Å². The monoisotopic (exact) mass is 441 g/mol. The zero-order valence-electron chi connectivity index (χ0n) is 18.3. The molecule has 0 aliphatic heterocycles. The van der Waals surface area contributed by atoms with Crippen molar-refractivity contribution in [2.75, 3.05) is 5.75 Å². The minimum atomic E-state index is -0.341. The maximum absolute atomic E-state index is 12.6. The SMILES string of the molecule is C=CCn1c(SCC(=O)NC2CCCCC2)nnc1[C@H](C)NC(=O)c1ccc(C)cc1. The predicted molar refractivity (Wildman–Crippen MR) is 123 cm³/mol. The van der Waals surface area contributed by atoms with Crippen LogP contribution < -0.4 is 10.6 Å². The van der Waals surface area contributed by atoms with E-state index < -0.39 is 0 Å². The van der Waals surface area contributed by atoms with Crippen LogP contribution in [0, 0.1) is 6.92 Å². The first-order valence-electron chi connectivity index (χ1n) is 10.8. The topological polar surface area (TPSA) is 88.9 Å². The van der Waals surface area contributed by atoms with Gasteiger partial charge in [-0.05, 0) is 38.8 Å². The lowest BCUT2D eigenvalue weighted by atomic mass is 9.95. The molecule has 1 fully saturated rings. The largest absolute Gasteiger partial charge is 0.353 e. The smallest absolute Gasteiger partial charge is 0.251 e. The standard InChI is InChI=1S/C23H31N5O2S/c1-4-14-28-21(17(3)24-22(30)18-12-10-16(2)11-13-18)26-27-23(28)31-15-20(29)25-19-8-6-5-7-9-19/h4,10-13,17,19H,1,5-9,14-15H2,2-3H3,(H,24,30)(H,25,29)/t17-/m0/s1. The van der Waals surface area contributed by atoms with Crippen molar-refractivity contribution < 1.29 is 9.59 Å². The minimum Gasteiger partial charge on any atom is -0.353 e. The van der Waals surface area contributed by atoms with E-state index in [2.05, 4.69) is 27.4 Å². The quantitative estimate of drug-likeness (QED) is 0.456. The second-order valence-corrected chi connectivity index (χ2v) is 8.93. The van der Waals surface area contributed by atoms with Crippen molar-refractivity contribution in [2.45, 2.75) is 69.7 Å². The Hall–Kier alpha value is -2.61. The molecular weight excluding hydrogens is 410 g/mol. The van der Waals surface area contributed by atoms with Gasteiger partial charge in [0.15, 0.2) is 11.0 Å². The number of allylic oxidation sites excluding steroid dienone is 1. The van der Waals surface area contributed by atoms with Gasteiger partial charge in [-0.2, -0.15) is 0 Å². The van der Waals surface area contributed by atoms with Gasteiger partial charge >= 0.3 is 0 Å². The Morgan fingerprint density at radius 3 is 2.61 bits per heavy atom. The van der Waals surface area contributed by atoms with Crippen LogP contribution in [0.3, 0.4) is 0 Å². The van der Waals surface area contributed by atoms with Gasteiger partial charge in [0, 0.05) is 18.2 Å². The van der Waals surface area contributed by atoms with Crippen LogP contribution in [-0.2, 0) is 11.3 Å². The lowest BCUT2D eigenvalue weighted by molar-refractivity contribution is -0.119. The number of rotatable bonds is 9. The van der Waals surface area contributed by atoms with Crippen LogP contribution in [0.25, 0.3) is 0 Å². The number of carbonyl (C=O) groups is 2. The number of hydrogen-bond acceptors (Lipinski definition) is 5. The molecule has 3 rings (SSSR count). The predicted octanol–water partition coefficient (Wildman–Crippen LogP) is 3.80. The molecule has 1 aromatic heterocycles. The number of benzene rings is 1. The van der Waals surface area contributed by atoms with Crippen molar-refractivity contribution in [3.8, 4) is 0 Å². The van der Waals surface area contributed by atoms with Crippen LogP contribution >= 0.6 is 11.8 Å². The molecule has 2 aromatic rings. The highest BCUT2D eigenvalue weighted by molar-refractivity contribution is 7.99. The van der Waals surface area contributed by atoms with Crippen molar-refractivity contribution in [1.82, 2.24) is 25.4 Å². The number of hydrogen-bond donors (Lipinski definition) is 2. The molecule has 8 heteroatoms. The summed E-state index contributed by atoms with van der Waals surface area (Å²) < 4.78 is 1.89. The Kier molecular flexibility index (Phi) is 8.28. The highest BCUT2D eigenvalue weighted by atomic mass is 32.2. The van der Waals surface area contributed by atoms with Crippen LogP contribution in [0.1, 0.15) is 66.8 Å². The van der Waals surface area contributed by atoms with Gasteiger partial charge < -0.3 is 15.2 Å². The van der Waals surface area contributed by atoms with Crippen LogP contribution in [0.15, 0.2) is 42.1 Å². The summed E-state index contributed by atoms with van der Waals surface area (Å²) >= 11 is 1.36. The Labute approximate surface area is 188 Å². The summed E-state index contributed by atoms with van der Waals surface area (Å²) in [5.74, 6) is 0.778. The molecule has 1 atom stereocenters. The van der Waals surface area contributed by atoms with Crippen LogP contribution in [0.4, 0.5) is 0 Å². The fraction of sp³-hybridized carbons (Fsp3) is 0.478. The van der Waals surface area contributed by atoms with E-state index in [0.717, 1.165) is 18.4 Å². The molecular formula is C23H31N5O2S. The fourth-order valence-electron chi connectivity index (χ4n) is 3.72. The molecule has 31 heavy (non-hydrogen) atoms. The summed E-state index contributed by atoms with van der Waals surface area (Å²) in [4.78, 5) is 24.9.